The van der Waals surface area contributed by atoms with E-state index in [9.17, 15) is 4.79 Å². The number of nitrogens with one attached hydrogen (secondary N) is 1. The quantitative estimate of drug-likeness (QED) is 0.423. The summed E-state index contributed by atoms with van der Waals surface area (Å²) < 4.78 is 15.2. The number of para-hydroxylation sites is 1. The molecule has 3 aromatic rings. The SMILES string of the molecule is C=C/C=C\C=C(/CC)C1=[N+]=C(C(=O)N2CCc3nc[nH]c3C2)O1.c1ccc2c(C3CC3)coc2c1. The fraction of sp³-hybridized carbons (Fsp3) is 0.286. The molecule has 178 valence electrons. The van der Waals surface area contributed by atoms with Crippen molar-refractivity contribution in [2.75, 3.05) is 6.54 Å². The van der Waals surface area contributed by atoms with Gasteiger partial charge in [0, 0.05) is 28.6 Å². The Balaban J connectivity index is 0.000000175. The van der Waals surface area contributed by atoms with Crippen LogP contribution >= 0.6 is 0 Å². The third kappa shape index (κ3) is 4.91. The molecule has 7 nitrogen and oxygen atoms in total. The van der Waals surface area contributed by atoms with Crippen molar-refractivity contribution in [1.29, 1.82) is 0 Å². The molecule has 0 unspecified atom stereocenters. The lowest BCUT2D eigenvalue weighted by atomic mass is 10.1. The second kappa shape index (κ2) is 10.0. The molecule has 2 aromatic heterocycles. The number of ether oxygens (including phenoxy) is 1. The monoisotopic (exact) mass is 469 g/mol. The lowest BCUT2D eigenvalue weighted by Crippen LogP contribution is -2.46. The number of benzene rings is 1. The van der Waals surface area contributed by atoms with Crippen LogP contribution in [-0.2, 0) is 22.5 Å². The number of carbonyl (C=O) groups excluding carboxylic acids is 1. The molecule has 1 amide bonds. The number of aromatic nitrogens is 2. The van der Waals surface area contributed by atoms with Crippen molar-refractivity contribution in [2.24, 2.45) is 0 Å². The van der Waals surface area contributed by atoms with Crippen LogP contribution in [0, 0.1) is 0 Å². The van der Waals surface area contributed by atoms with Crippen molar-refractivity contribution in [3.05, 3.63) is 90.3 Å². The topological polar surface area (TPSA) is 85.5 Å². The van der Waals surface area contributed by atoms with Gasteiger partial charge in [0.25, 0.3) is 0 Å². The molecular formula is C28H29N4O3+. The van der Waals surface area contributed by atoms with E-state index in [0.717, 1.165) is 41.3 Å². The first kappa shape index (κ1) is 22.7. The van der Waals surface area contributed by atoms with E-state index >= 15 is 0 Å². The Labute approximate surface area is 204 Å². The van der Waals surface area contributed by atoms with E-state index in [1.54, 1.807) is 17.3 Å². The molecule has 7 heteroatoms. The zero-order valence-electron chi connectivity index (χ0n) is 19.9. The average Bonchev–Trinajstić information content (AvgIpc) is 3.43. The van der Waals surface area contributed by atoms with Gasteiger partial charge in [-0.05, 0) is 37.3 Å². The van der Waals surface area contributed by atoms with E-state index in [1.165, 1.54) is 23.8 Å². The molecule has 4 heterocycles. The van der Waals surface area contributed by atoms with Crippen molar-refractivity contribution in [3.8, 4) is 0 Å². The Bertz CT molecular complexity index is 1380. The van der Waals surface area contributed by atoms with Gasteiger partial charge >= 0.3 is 17.7 Å². The highest BCUT2D eigenvalue weighted by Crippen LogP contribution is 2.43. The van der Waals surface area contributed by atoms with Gasteiger partial charge in [0.05, 0.1) is 36.1 Å². The number of hydrogen-bond donors (Lipinski definition) is 1. The number of rotatable bonds is 6. The summed E-state index contributed by atoms with van der Waals surface area (Å²) in [5.74, 6) is 1.29. The minimum Gasteiger partial charge on any atom is -0.464 e. The standard InChI is InChI=1S/C17H18N4O2.C11H10O/c1-3-5-6-7-12(4-2)15-20-16(23-15)17(22)21-9-8-13-14(10-21)19-11-18-13;1-2-4-11-9(3-1)10(7-12-11)8-5-6-8/h3,5-7,11H,1,4,8-10H2,2H3;1-4,7-8H,5-6H2/p+1/b6-5-,12-7+;. The van der Waals surface area contributed by atoms with Gasteiger partial charge in [-0.15, -0.1) is 0 Å². The number of carbonyl (C=O) groups is 1. The van der Waals surface area contributed by atoms with Crippen LogP contribution in [0.4, 0.5) is 0 Å². The Morgan fingerprint density at radius 1 is 1.29 bits per heavy atom. The molecule has 0 atom stereocenters. The highest BCUT2D eigenvalue weighted by atomic mass is 16.5. The summed E-state index contributed by atoms with van der Waals surface area (Å²) in [4.78, 5) is 21.4. The second-order valence-corrected chi connectivity index (χ2v) is 8.76. The number of fused-ring (bicyclic) bond motifs is 2. The smallest absolute Gasteiger partial charge is 0.464 e. The van der Waals surface area contributed by atoms with Gasteiger partial charge in [0.15, 0.2) is 0 Å². The number of nitrogens with zero attached hydrogens (tertiary/aromatic N) is 3. The molecule has 1 fully saturated rings. The van der Waals surface area contributed by atoms with Gasteiger partial charge in [0.1, 0.15) is 5.58 Å². The van der Waals surface area contributed by atoms with E-state index in [-0.39, 0.29) is 11.8 Å². The summed E-state index contributed by atoms with van der Waals surface area (Å²) >= 11 is 0. The summed E-state index contributed by atoms with van der Waals surface area (Å²) in [6.07, 6.45) is 15.1. The summed E-state index contributed by atoms with van der Waals surface area (Å²) in [7, 11) is 0. The average molecular weight is 470 g/mol. The first-order chi connectivity index (χ1) is 17.2. The fourth-order valence-corrected chi connectivity index (χ4v) is 4.24. The minimum atomic E-state index is -0.175. The minimum absolute atomic E-state index is 0.162. The third-order valence-electron chi connectivity index (χ3n) is 6.37. The lowest BCUT2D eigenvalue weighted by molar-refractivity contribution is -0.126. The molecule has 1 N–H and O–H groups in total. The number of aromatic amines is 1. The van der Waals surface area contributed by atoms with Crippen molar-refractivity contribution >= 4 is 28.7 Å². The Hall–Kier alpha value is -4.09. The van der Waals surface area contributed by atoms with Crippen LogP contribution in [0.15, 0.2) is 77.7 Å². The van der Waals surface area contributed by atoms with Crippen molar-refractivity contribution in [3.63, 3.8) is 0 Å². The van der Waals surface area contributed by atoms with Gasteiger partial charge in [-0.2, -0.15) is 0 Å². The van der Waals surface area contributed by atoms with Crippen molar-refractivity contribution in [1.82, 2.24) is 19.5 Å². The molecule has 1 aliphatic carbocycles. The third-order valence-corrected chi connectivity index (χ3v) is 6.37. The predicted octanol–water partition coefficient (Wildman–Crippen LogP) is 4.58. The first-order valence-corrected chi connectivity index (χ1v) is 12.1. The normalized spacial score (nSPS) is 17.1. The van der Waals surface area contributed by atoms with Crippen LogP contribution in [0.25, 0.3) is 11.0 Å². The number of allylic oxidation sites excluding steroid dienone is 4. The number of imidazole rings is 1. The highest BCUT2D eigenvalue weighted by Gasteiger charge is 2.43. The number of H-pyrrole nitrogens is 1. The van der Waals surface area contributed by atoms with Gasteiger partial charge in [-0.3, -0.25) is 4.79 Å². The van der Waals surface area contributed by atoms with E-state index < -0.39 is 0 Å². The maximum absolute atomic E-state index is 12.4. The largest absolute Gasteiger partial charge is 0.568 e. The molecular weight excluding hydrogens is 440 g/mol. The predicted molar refractivity (Wildman–Crippen MR) is 137 cm³/mol. The zero-order chi connectivity index (χ0) is 24.2. The van der Waals surface area contributed by atoms with E-state index in [2.05, 4.69) is 33.3 Å². The first-order valence-electron chi connectivity index (χ1n) is 12.1. The number of furan rings is 1. The van der Waals surface area contributed by atoms with Crippen LogP contribution < -0.4 is 4.67 Å². The zero-order valence-corrected chi connectivity index (χ0v) is 19.9. The number of hydrogen-bond acceptors (Lipinski definition) is 4. The molecule has 0 bridgehead atoms. The lowest BCUT2D eigenvalue weighted by Gasteiger charge is -2.24. The molecule has 2 aliphatic heterocycles. The molecule has 0 radical (unpaired) electrons. The molecule has 0 saturated heterocycles. The van der Waals surface area contributed by atoms with Gasteiger partial charge in [-0.1, -0.05) is 49.9 Å². The highest BCUT2D eigenvalue weighted by molar-refractivity contribution is 6.40. The van der Waals surface area contributed by atoms with Crippen LogP contribution in [-0.4, -0.2) is 39.1 Å². The van der Waals surface area contributed by atoms with E-state index in [1.807, 2.05) is 43.5 Å². The Kier molecular flexibility index (Phi) is 6.51. The summed E-state index contributed by atoms with van der Waals surface area (Å²) in [5.41, 5.74) is 5.40. The van der Waals surface area contributed by atoms with Crippen LogP contribution in [0.1, 0.15) is 49.1 Å². The van der Waals surface area contributed by atoms with Crippen LogP contribution in [0.3, 0.4) is 0 Å². The maximum atomic E-state index is 12.4. The molecule has 3 aliphatic rings. The van der Waals surface area contributed by atoms with Gasteiger partial charge in [-0.25, -0.2) is 4.98 Å². The Morgan fingerprint density at radius 2 is 2.11 bits per heavy atom. The molecule has 1 aromatic carbocycles. The van der Waals surface area contributed by atoms with Crippen LogP contribution in [0.5, 0.6) is 0 Å². The fourth-order valence-electron chi connectivity index (χ4n) is 4.24. The molecule has 35 heavy (non-hydrogen) atoms. The molecule has 6 rings (SSSR count). The van der Waals surface area contributed by atoms with E-state index in [0.29, 0.717) is 19.0 Å². The number of amides is 1. The van der Waals surface area contributed by atoms with Gasteiger partial charge < -0.3 is 19.0 Å². The van der Waals surface area contributed by atoms with Gasteiger partial charge in [0.2, 0.25) is 0 Å². The molecule has 0 spiro atoms. The van der Waals surface area contributed by atoms with Crippen molar-refractivity contribution in [2.45, 2.75) is 45.1 Å². The van der Waals surface area contributed by atoms with Crippen LogP contribution in [0.2, 0.25) is 0 Å². The second-order valence-electron chi connectivity index (χ2n) is 8.76. The summed E-state index contributed by atoms with van der Waals surface area (Å²) in [6.45, 7) is 6.79. The Morgan fingerprint density at radius 3 is 2.89 bits per heavy atom. The summed E-state index contributed by atoms with van der Waals surface area (Å²) in [5, 5.41) is 1.31. The molecule has 1 saturated carbocycles. The maximum Gasteiger partial charge on any atom is 0.568 e. The summed E-state index contributed by atoms with van der Waals surface area (Å²) in [6, 6.07) is 8.26. The van der Waals surface area contributed by atoms with Crippen molar-refractivity contribution < 1.29 is 13.9 Å². The van der Waals surface area contributed by atoms with E-state index in [4.69, 9.17) is 9.15 Å².